The number of carbonyl (C=O) groups is 2. The van der Waals surface area contributed by atoms with Gasteiger partial charge in [0.2, 0.25) is 5.43 Å². The first-order chi connectivity index (χ1) is 16.1. The fourth-order valence-corrected chi connectivity index (χ4v) is 3.88. The molecule has 4 N–H and O–H groups in total. The number of anilines is 1. The maximum Gasteiger partial charge on any atom is 0.335 e. The van der Waals surface area contributed by atoms with Crippen LogP contribution in [0.1, 0.15) is 47.1 Å². The number of phenolic OH excluding ortho intramolecular Hbond substituents is 1. The SMILES string of the molecule is CC(C)(C)c1cc(-c2cccc(C(=O)O)c2)c(NC(=O)c2c[nH]c3ccccc3c2=O)cc1O. The summed E-state index contributed by atoms with van der Waals surface area (Å²) in [6.45, 7) is 5.81. The summed E-state index contributed by atoms with van der Waals surface area (Å²) in [5.74, 6) is -1.75. The van der Waals surface area contributed by atoms with Crippen molar-refractivity contribution in [3.05, 3.63) is 93.8 Å². The number of phenols is 1. The summed E-state index contributed by atoms with van der Waals surface area (Å²) in [6, 6.07) is 16.4. The topological polar surface area (TPSA) is 119 Å². The largest absolute Gasteiger partial charge is 0.508 e. The number of pyridine rings is 1. The second-order valence-corrected chi connectivity index (χ2v) is 9.08. The molecule has 0 saturated carbocycles. The third-order valence-corrected chi connectivity index (χ3v) is 5.65. The summed E-state index contributed by atoms with van der Waals surface area (Å²) >= 11 is 0. The van der Waals surface area contributed by atoms with Crippen LogP contribution in [-0.2, 0) is 5.41 Å². The number of carbonyl (C=O) groups excluding carboxylic acids is 1. The second kappa shape index (κ2) is 8.51. The minimum Gasteiger partial charge on any atom is -0.508 e. The lowest BCUT2D eigenvalue weighted by molar-refractivity contribution is 0.0696. The maximum atomic E-state index is 13.1. The van der Waals surface area contributed by atoms with Crippen molar-refractivity contribution in [2.24, 2.45) is 0 Å². The normalized spacial score (nSPS) is 11.4. The van der Waals surface area contributed by atoms with Crippen LogP contribution in [-0.4, -0.2) is 27.1 Å². The maximum absolute atomic E-state index is 13.1. The molecule has 0 bridgehead atoms. The number of benzene rings is 3. The number of rotatable bonds is 4. The van der Waals surface area contributed by atoms with E-state index in [2.05, 4.69) is 10.3 Å². The Morgan fingerprint density at radius 2 is 1.71 bits per heavy atom. The van der Waals surface area contributed by atoms with Crippen molar-refractivity contribution in [2.45, 2.75) is 26.2 Å². The number of para-hydroxylation sites is 1. The van der Waals surface area contributed by atoms with E-state index >= 15 is 0 Å². The number of carboxylic acid groups (broad SMARTS) is 1. The van der Waals surface area contributed by atoms with Gasteiger partial charge in [-0.1, -0.05) is 45.0 Å². The van der Waals surface area contributed by atoms with Gasteiger partial charge in [0.15, 0.2) is 0 Å². The van der Waals surface area contributed by atoms with Gasteiger partial charge in [-0.2, -0.15) is 0 Å². The summed E-state index contributed by atoms with van der Waals surface area (Å²) in [4.78, 5) is 40.5. The zero-order valence-electron chi connectivity index (χ0n) is 19.0. The van der Waals surface area contributed by atoms with E-state index in [4.69, 9.17) is 0 Å². The van der Waals surface area contributed by atoms with E-state index in [1.165, 1.54) is 24.4 Å². The molecule has 172 valence electrons. The van der Waals surface area contributed by atoms with Crippen LogP contribution in [0.4, 0.5) is 5.69 Å². The summed E-state index contributed by atoms with van der Waals surface area (Å²) < 4.78 is 0. The van der Waals surface area contributed by atoms with Crippen LogP contribution in [0.15, 0.2) is 71.7 Å². The molecule has 0 aliphatic rings. The smallest absolute Gasteiger partial charge is 0.335 e. The first kappa shape index (κ1) is 22.8. The van der Waals surface area contributed by atoms with E-state index in [1.54, 1.807) is 42.5 Å². The van der Waals surface area contributed by atoms with Gasteiger partial charge in [-0.3, -0.25) is 9.59 Å². The molecule has 0 atom stereocenters. The molecule has 4 aromatic rings. The molecule has 7 nitrogen and oxygen atoms in total. The molecule has 0 radical (unpaired) electrons. The zero-order chi connectivity index (χ0) is 24.6. The highest BCUT2D eigenvalue weighted by Crippen LogP contribution is 2.39. The number of H-pyrrole nitrogens is 1. The standard InChI is InChI=1S/C27H24N2O5/c1-27(2,3)20-12-18(15-7-6-8-16(11-15)26(33)34)22(13-23(20)30)29-25(32)19-14-28-21-10-5-4-9-17(21)24(19)31/h4-14,30H,1-3H3,(H,28,31)(H,29,32)(H,33,34). The number of hydrogen-bond acceptors (Lipinski definition) is 4. The molecule has 0 aliphatic carbocycles. The Hall–Kier alpha value is -4.39. The van der Waals surface area contributed by atoms with E-state index < -0.39 is 22.7 Å². The first-order valence-corrected chi connectivity index (χ1v) is 10.7. The molecular weight excluding hydrogens is 432 g/mol. The molecule has 0 unspecified atom stereocenters. The lowest BCUT2D eigenvalue weighted by Crippen LogP contribution is -2.22. The van der Waals surface area contributed by atoms with Crippen molar-refractivity contribution in [2.75, 3.05) is 5.32 Å². The number of aromatic nitrogens is 1. The van der Waals surface area contributed by atoms with Crippen molar-refractivity contribution in [1.29, 1.82) is 0 Å². The van der Waals surface area contributed by atoms with E-state index in [1.807, 2.05) is 20.8 Å². The molecule has 1 amide bonds. The molecule has 3 aromatic carbocycles. The van der Waals surface area contributed by atoms with Crippen LogP contribution >= 0.6 is 0 Å². The number of fused-ring (bicyclic) bond motifs is 1. The summed E-state index contributed by atoms with van der Waals surface area (Å²) in [6.07, 6.45) is 1.36. The number of aromatic amines is 1. The molecule has 0 aliphatic heterocycles. The number of aromatic carboxylic acids is 1. The molecule has 0 spiro atoms. The summed E-state index contributed by atoms with van der Waals surface area (Å²) in [7, 11) is 0. The zero-order valence-corrected chi connectivity index (χ0v) is 19.0. The fraction of sp³-hybridized carbons (Fsp3) is 0.148. The third-order valence-electron chi connectivity index (χ3n) is 5.65. The molecule has 1 heterocycles. The Kier molecular flexibility index (Phi) is 5.71. The lowest BCUT2D eigenvalue weighted by Gasteiger charge is -2.23. The molecule has 0 saturated heterocycles. The minimum absolute atomic E-state index is 0.0200. The van der Waals surface area contributed by atoms with Crippen LogP contribution in [0.2, 0.25) is 0 Å². The molecular formula is C27H24N2O5. The van der Waals surface area contributed by atoms with Gasteiger partial charge in [0.05, 0.1) is 11.3 Å². The Balaban J connectivity index is 1.84. The number of aromatic hydroxyl groups is 1. The van der Waals surface area contributed by atoms with Gasteiger partial charge >= 0.3 is 5.97 Å². The van der Waals surface area contributed by atoms with Crippen molar-refractivity contribution in [3.63, 3.8) is 0 Å². The van der Waals surface area contributed by atoms with Gasteiger partial charge in [-0.15, -0.1) is 0 Å². The molecule has 1 aromatic heterocycles. The Morgan fingerprint density at radius 3 is 2.41 bits per heavy atom. The molecule has 34 heavy (non-hydrogen) atoms. The second-order valence-electron chi connectivity index (χ2n) is 9.08. The molecule has 7 heteroatoms. The lowest BCUT2D eigenvalue weighted by atomic mass is 9.84. The number of carboxylic acids is 1. The summed E-state index contributed by atoms with van der Waals surface area (Å²) in [5.41, 5.74) is 1.75. The Labute approximate surface area is 195 Å². The summed E-state index contributed by atoms with van der Waals surface area (Å²) in [5, 5.41) is 23.2. The predicted octanol–water partition coefficient (Wildman–Crippen LogP) is 5.15. The van der Waals surface area contributed by atoms with E-state index in [-0.39, 0.29) is 22.6 Å². The average molecular weight is 456 g/mol. The Bertz CT molecular complexity index is 1500. The van der Waals surface area contributed by atoms with Crippen molar-refractivity contribution in [3.8, 4) is 16.9 Å². The number of amides is 1. The van der Waals surface area contributed by atoms with Gasteiger partial charge in [-0.25, -0.2) is 4.79 Å². The van der Waals surface area contributed by atoms with Crippen molar-refractivity contribution in [1.82, 2.24) is 4.98 Å². The first-order valence-electron chi connectivity index (χ1n) is 10.7. The minimum atomic E-state index is -1.08. The highest BCUT2D eigenvalue weighted by Gasteiger charge is 2.23. The van der Waals surface area contributed by atoms with Gasteiger partial charge in [-0.05, 0) is 46.9 Å². The fourth-order valence-electron chi connectivity index (χ4n) is 3.88. The monoisotopic (exact) mass is 456 g/mol. The number of nitrogens with one attached hydrogen (secondary N) is 2. The van der Waals surface area contributed by atoms with Crippen LogP contribution in [0.5, 0.6) is 5.75 Å². The Morgan fingerprint density at radius 1 is 0.971 bits per heavy atom. The van der Waals surface area contributed by atoms with Gasteiger partial charge in [0, 0.05) is 28.7 Å². The van der Waals surface area contributed by atoms with E-state index in [0.717, 1.165) is 0 Å². The van der Waals surface area contributed by atoms with Crippen LogP contribution in [0.25, 0.3) is 22.0 Å². The van der Waals surface area contributed by atoms with Crippen LogP contribution in [0.3, 0.4) is 0 Å². The van der Waals surface area contributed by atoms with E-state index in [0.29, 0.717) is 27.6 Å². The van der Waals surface area contributed by atoms with Gasteiger partial charge in [0.1, 0.15) is 11.3 Å². The third kappa shape index (κ3) is 4.28. The van der Waals surface area contributed by atoms with E-state index in [9.17, 15) is 24.6 Å². The van der Waals surface area contributed by atoms with Crippen LogP contribution in [0, 0.1) is 0 Å². The number of hydrogen-bond donors (Lipinski definition) is 4. The van der Waals surface area contributed by atoms with Crippen molar-refractivity contribution >= 4 is 28.5 Å². The van der Waals surface area contributed by atoms with Gasteiger partial charge in [0.25, 0.3) is 5.91 Å². The molecule has 0 fully saturated rings. The predicted molar refractivity (Wildman–Crippen MR) is 132 cm³/mol. The van der Waals surface area contributed by atoms with Crippen LogP contribution < -0.4 is 10.7 Å². The van der Waals surface area contributed by atoms with Gasteiger partial charge < -0.3 is 20.5 Å². The quantitative estimate of drug-likeness (QED) is 0.339. The average Bonchev–Trinajstić information content (AvgIpc) is 2.78. The highest BCUT2D eigenvalue weighted by atomic mass is 16.4. The van der Waals surface area contributed by atoms with Crippen molar-refractivity contribution < 1.29 is 19.8 Å². The highest BCUT2D eigenvalue weighted by molar-refractivity contribution is 6.07. The molecule has 4 rings (SSSR count).